The van der Waals surface area contributed by atoms with E-state index in [1.807, 2.05) is 36.9 Å². The number of aromatic hydroxyl groups is 1. The third-order valence-electron chi connectivity index (χ3n) is 2.60. The first kappa shape index (κ1) is 10.5. The summed E-state index contributed by atoms with van der Waals surface area (Å²) in [6.07, 6.45) is 3.59. The standard InChI is InChI=1S/C12H15N3O/c1-9-3-4-10(5-12(9)16)14-7-11-6-13-8-15(11)2/h3-6,8,14,16H,7H2,1-2H3. The number of hydrogen-bond acceptors (Lipinski definition) is 3. The van der Waals surface area contributed by atoms with Crippen molar-refractivity contribution in [2.75, 3.05) is 5.32 Å². The zero-order valence-corrected chi connectivity index (χ0v) is 9.44. The van der Waals surface area contributed by atoms with E-state index in [1.54, 1.807) is 12.4 Å². The predicted molar refractivity (Wildman–Crippen MR) is 63.4 cm³/mol. The van der Waals surface area contributed by atoms with Gasteiger partial charge in [-0.3, -0.25) is 0 Å². The molecule has 0 aliphatic carbocycles. The highest BCUT2D eigenvalue weighted by Gasteiger charge is 2.00. The van der Waals surface area contributed by atoms with E-state index >= 15 is 0 Å². The van der Waals surface area contributed by atoms with Gasteiger partial charge in [0.05, 0.1) is 18.6 Å². The molecule has 0 atom stereocenters. The summed E-state index contributed by atoms with van der Waals surface area (Å²) in [5.74, 6) is 0.315. The van der Waals surface area contributed by atoms with E-state index < -0.39 is 0 Å². The third-order valence-corrected chi connectivity index (χ3v) is 2.60. The highest BCUT2D eigenvalue weighted by atomic mass is 16.3. The lowest BCUT2D eigenvalue weighted by Crippen LogP contribution is -2.03. The van der Waals surface area contributed by atoms with E-state index in [2.05, 4.69) is 10.3 Å². The average Bonchev–Trinajstić information content (AvgIpc) is 2.66. The van der Waals surface area contributed by atoms with Gasteiger partial charge >= 0.3 is 0 Å². The minimum Gasteiger partial charge on any atom is -0.508 e. The van der Waals surface area contributed by atoms with Crippen LogP contribution in [0.5, 0.6) is 5.75 Å². The molecule has 0 saturated carbocycles. The number of nitrogens with zero attached hydrogens (tertiary/aromatic N) is 2. The topological polar surface area (TPSA) is 50.1 Å². The number of phenolic OH excluding ortho intramolecular Hbond substituents is 1. The second kappa shape index (κ2) is 4.26. The smallest absolute Gasteiger partial charge is 0.120 e. The molecule has 0 amide bonds. The van der Waals surface area contributed by atoms with Crippen LogP contribution in [0.15, 0.2) is 30.7 Å². The molecule has 0 fully saturated rings. The van der Waals surface area contributed by atoms with Gasteiger partial charge in [-0.1, -0.05) is 6.07 Å². The second-order valence-electron chi connectivity index (χ2n) is 3.85. The minimum absolute atomic E-state index is 0.315. The van der Waals surface area contributed by atoms with Crippen LogP contribution in [-0.2, 0) is 13.6 Å². The SMILES string of the molecule is Cc1ccc(NCc2cncn2C)cc1O. The van der Waals surface area contributed by atoms with Crippen LogP contribution in [0.4, 0.5) is 5.69 Å². The van der Waals surface area contributed by atoms with Crippen LogP contribution in [0.3, 0.4) is 0 Å². The molecule has 0 bridgehead atoms. The molecule has 2 rings (SSSR count). The van der Waals surface area contributed by atoms with Gasteiger partial charge < -0.3 is 15.0 Å². The molecule has 2 aromatic rings. The number of nitrogens with one attached hydrogen (secondary N) is 1. The molecule has 1 aromatic heterocycles. The van der Waals surface area contributed by atoms with Crippen molar-refractivity contribution in [3.05, 3.63) is 42.0 Å². The summed E-state index contributed by atoms with van der Waals surface area (Å²) >= 11 is 0. The molecule has 4 heteroatoms. The number of imidazole rings is 1. The summed E-state index contributed by atoms with van der Waals surface area (Å²) in [4.78, 5) is 4.04. The van der Waals surface area contributed by atoms with E-state index in [-0.39, 0.29) is 0 Å². The molecule has 2 N–H and O–H groups in total. The monoisotopic (exact) mass is 217 g/mol. The van der Waals surface area contributed by atoms with Gasteiger partial charge in [0, 0.05) is 25.0 Å². The second-order valence-corrected chi connectivity index (χ2v) is 3.85. The van der Waals surface area contributed by atoms with Gasteiger partial charge in [-0.25, -0.2) is 4.98 Å². The van der Waals surface area contributed by atoms with Crippen LogP contribution >= 0.6 is 0 Å². The van der Waals surface area contributed by atoms with Crippen molar-refractivity contribution in [3.8, 4) is 5.75 Å². The number of phenols is 1. The van der Waals surface area contributed by atoms with Gasteiger partial charge in [-0.2, -0.15) is 0 Å². The predicted octanol–water partition coefficient (Wildman–Crippen LogP) is 2.05. The van der Waals surface area contributed by atoms with Crippen molar-refractivity contribution >= 4 is 5.69 Å². The number of benzene rings is 1. The third kappa shape index (κ3) is 2.16. The molecular formula is C12H15N3O. The van der Waals surface area contributed by atoms with Crippen LogP contribution in [0.25, 0.3) is 0 Å². The highest BCUT2D eigenvalue weighted by Crippen LogP contribution is 2.21. The number of rotatable bonds is 3. The summed E-state index contributed by atoms with van der Waals surface area (Å²) in [7, 11) is 1.95. The quantitative estimate of drug-likeness (QED) is 0.827. The van der Waals surface area contributed by atoms with E-state index in [9.17, 15) is 5.11 Å². The van der Waals surface area contributed by atoms with E-state index in [1.165, 1.54) is 0 Å². The normalized spacial score (nSPS) is 10.4. The van der Waals surface area contributed by atoms with Crippen molar-refractivity contribution in [3.63, 3.8) is 0 Å². The zero-order valence-electron chi connectivity index (χ0n) is 9.44. The molecule has 1 heterocycles. The van der Waals surface area contributed by atoms with E-state index in [0.717, 1.165) is 16.9 Å². The van der Waals surface area contributed by atoms with Crippen molar-refractivity contribution in [2.45, 2.75) is 13.5 Å². The van der Waals surface area contributed by atoms with E-state index in [0.29, 0.717) is 12.3 Å². The first-order chi connectivity index (χ1) is 7.66. The molecule has 16 heavy (non-hydrogen) atoms. The summed E-state index contributed by atoms with van der Waals surface area (Å²) in [6, 6.07) is 5.57. The maximum absolute atomic E-state index is 9.55. The van der Waals surface area contributed by atoms with Crippen molar-refractivity contribution in [1.29, 1.82) is 0 Å². The molecule has 4 nitrogen and oxygen atoms in total. The largest absolute Gasteiger partial charge is 0.508 e. The zero-order chi connectivity index (χ0) is 11.5. The first-order valence-corrected chi connectivity index (χ1v) is 5.15. The molecular weight excluding hydrogens is 202 g/mol. The maximum atomic E-state index is 9.55. The molecule has 0 unspecified atom stereocenters. The average molecular weight is 217 g/mol. The molecule has 0 spiro atoms. The Morgan fingerprint density at radius 1 is 1.44 bits per heavy atom. The van der Waals surface area contributed by atoms with Gasteiger partial charge in [-0.15, -0.1) is 0 Å². The Kier molecular flexibility index (Phi) is 2.81. The lowest BCUT2D eigenvalue weighted by Gasteiger charge is -2.08. The van der Waals surface area contributed by atoms with Crippen LogP contribution in [0.1, 0.15) is 11.3 Å². The summed E-state index contributed by atoms with van der Waals surface area (Å²) in [5, 5.41) is 12.8. The number of anilines is 1. The Morgan fingerprint density at radius 2 is 2.25 bits per heavy atom. The Morgan fingerprint density at radius 3 is 2.88 bits per heavy atom. The van der Waals surface area contributed by atoms with E-state index in [4.69, 9.17) is 0 Å². The fraction of sp³-hybridized carbons (Fsp3) is 0.250. The van der Waals surface area contributed by atoms with Crippen LogP contribution in [0.2, 0.25) is 0 Å². The highest BCUT2D eigenvalue weighted by molar-refractivity contribution is 5.50. The summed E-state index contributed by atoms with van der Waals surface area (Å²) in [5.41, 5.74) is 2.88. The van der Waals surface area contributed by atoms with Crippen molar-refractivity contribution < 1.29 is 5.11 Å². The van der Waals surface area contributed by atoms with Gasteiger partial charge in [0.2, 0.25) is 0 Å². The minimum atomic E-state index is 0.315. The molecule has 84 valence electrons. The lowest BCUT2D eigenvalue weighted by atomic mass is 10.2. The van der Waals surface area contributed by atoms with Gasteiger partial charge in [-0.05, 0) is 18.6 Å². The lowest BCUT2D eigenvalue weighted by molar-refractivity contribution is 0.471. The van der Waals surface area contributed by atoms with Crippen LogP contribution in [-0.4, -0.2) is 14.7 Å². The molecule has 0 saturated heterocycles. The van der Waals surface area contributed by atoms with Crippen molar-refractivity contribution in [2.24, 2.45) is 7.05 Å². The van der Waals surface area contributed by atoms with Gasteiger partial charge in [0.25, 0.3) is 0 Å². The van der Waals surface area contributed by atoms with Gasteiger partial charge in [0.15, 0.2) is 0 Å². The first-order valence-electron chi connectivity index (χ1n) is 5.15. The Balaban J connectivity index is 2.05. The van der Waals surface area contributed by atoms with Crippen molar-refractivity contribution in [1.82, 2.24) is 9.55 Å². The Bertz CT molecular complexity index is 491. The number of aryl methyl sites for hydroxylation is 2. The molecule has 0 aliphatic heterocycles. The molecule has 1 aromatic carbocycles. The maximum Gasteiger partial charge on any atom is 0.120 e. The fourth-order valence-electron chi connectivity index (χ4n) is 1.47. The Hall–Kier alpha value is -1.97. The summed E-state index contributed by atoms with van der Waals surface area (Å²) < 4.78 is 1.96. The Labute approximate surface area is 94.6 Å². The van der Waals surface area contributed by atoms with Gasteiger partial charge in [0.1, 0.15) is 5.75 Å². The molecule has 0 radical (unpaired) electrons. The summed E-state index contributed by atoms with van der Waals surface area (Å²) in [6.45, 7) is 2.57. The number of aromatic nitrogens is 2. The number of hydrogen-bond donors (Lipinski definition) is 2. The van der Waals surface area contributed by atoms with Crippen LogP contribution in [0, 0.1) is 6.92 Å². The fourth-order valence-corrected chi connectivity index (χ4v) is 1.47. The van der Waals surface area contributed by atoms with Crippen LogP contribution < -0.4 is 5.32 Å². The molecule has 0 aliphatic rings.